The zero-order chi connectivity index (χ0) is 20.5. The van der Waals surface area contributed by atoms with Gasteiger partial charge in [-0.2, -0.15) is 0 Å². The van der Waals surface area contributed by atoms with Crippen LogP contribution in [0.2, 0.25) is 5.02 Å². The number of carbonyl (C=O) groups excluding carboxylic acids is 2. The summed E-state index contributed by atoms with van der Waals surface area (Å²) >= 11 is 6.20. The summed E-state index contributed by atoms with van der Waals surface area (Å²) in [5.41, 5.74) is 1.53. The lowest BCUT2D eigenvalue weighted by Crippen LogP contribution is -2.39. The van der Waals surface area contributed by atoms with Crippen molar-refractivity contribution in [3.05, 3.63) is 100 Å². The van der Waals surface area contributed by atoms with Crippen LogP contribution in [0.5, 0.6) is 0 Å². The molecule has 0 saturated heterocycles. The molecule has 3 aromatic carbocycles. The van der Waals surface area contributed by atoms with Crippen molar-refractivity contribution in [1.29, 1.82) is 0 Å². The summed E-state index contributed by atoms with van der Waals surface area (Å²) in [5.74, 6) is -1.88. The van der Waals surface area contributed by atoms with Crippen molar-refractivity contribution in [1.82, 2.24) is 4.90 Å². The molecule has 29 heavy (non-hydrogen) atoms. The molecule has 0 fully saturated rings. The minimum atomic E-state index is -0.816. The van der Waals surface area contributed by atoms with Crippen molar-refractivity contribution in [3.63, 3.8) is 0 Å². The van der Waals surface area contributed by atoms with Gasteiger partial charge in [0, 0.05) is 11.3 Å². The zero-order valence-electron chi connectivity index (χ0n) is 15.0. The molecule has 0 spiro atoms. The average molecular weight is 413 g/mol. The van der Waals surface area contributed by atoms with Gasteiger partial charge in [-0.25, -0.2) is 8.78 Å². The third kappa shape index (κ3) is 3.71. The second-order valence-electron chi connectivity index (χ2n) is 6.65. The van der Waals surface area contributed by atoms with E-state index in [0.29, 0.717) is 16.8 Å². The fourth-order valence-corrected chi connectivity index (χ4v) is 3.68. The number of anilines is 1. The molecule has 0 aliphatic carbocycles. The Hall–Kier alpha value is -3.25. The van der Waals surface area contributed by atoms with Crippen LogP contribution >= 0.6 is 11.6 Å². The molecule has 1 aliphatic rings. The Balaban J connectivity index is 1.91. The minimum Gasteiger partial charge on any atom is -0.324 e. The first-order chi connectivity index (χ1) is 13.9. The number of rotatable bonds is 2. The molecule has 0 radical (unpaired) electrons. The van der Waals surface area contributed by atoms with Crippen molar-refractivity contribution in [2.24, 2.45) is 0 Å². The topological polar surface area (TPSA) is 49.4 Å². The lowest BCUT2D eigenvalue weighted by atomic mass is 9.95. The molecule has 1 aliphatic heterocycles. The van der Waals surface area contributed by atoms with Crippen molar-refractivity contribution in [3.8, 4) is 0 Å². The van der Waals surface area contributed by atoms with Crippen LogP contribution in [-0.2, 0) is 4.79 Å². The number of nitrogens with one attached hydrogen (secondary N) is 1. The lowest BCUT2D eigenvalue weighted by molar-refractivity contribution is -0.117. The fourth-order valence-electron chi connectivity index (χ4n) is 3.46. The maximum atomic E-state index is 14.1. The highest BCUT2D eigenvalue weighted by atomic mass is 35.5. The quantitative estimate of drug-likeness (QED) is 0.657. The summed E-state index contributed by atoms with van der Waals surface area (Å²) in [6, 6.07) is 15.2. The highest BCUT2D eigenvalue weighted by molar-refractivity contribution is 6.33. The van der Waals surface area contributed by atoms with Crippen LogP contribution in [0.3, 0.4) is 0 Å². The average Bonchev–Trinajstić information content (AvgIpc) is 2.84. The first-order valence-electron chi connectivity index (χ1n) is 8.84. The van der Waals surface area contributed by atoms with Crippen molar-refractivity contribution >= 4 is 29.1 Å². The lowest BCUT2D eigenvalue weighted by Gasteiger charge is -2.31. The van der Waals surface area contributed by atoms with Gasteiger partial charge in [0.1, 0.15) is 18.2 Å². The van der Waals surface area contributed by atoms with Crippen LogP contribution in [0, 0.1) is 11.6 Å². The van der Waals surface area contributed by atoms with E-state index in [1.165, 1.54) is 47.4 Å². The van der Waals surface area contributed by atoms with E-state index >= 15 is 0 Å². The molecular weight excluding hydrogens is 398 g/mol. The molecule has 4 nitrogen and oxygen atoms in total. The number of amides is 2. The number of hydrogen-bond donors (Lipinski definition) is 1. The Labute approximate surface area is 170 Å². The summed E-state index contributed by atoms with van der Waals surface area (Å²) in [6.07, 6.45) is 0. The molecule has 2 amide bonds. The minimum absolute atomic E-state index is 0.217. The van der Waals surface area contributed by atoms with Gasteiger partial charge in [0.15, 0.2) is 0 Å². The van der Waals surface area contributed by atoms with Gasteiger partial charge in [-0.1, -0.05) is 35.9 Å². The number of hydrogen-bond acceptors (Lipinski definition) is 2. The van der Waals surface area contributed by atoms with Crippen LogP contribution in [0.4, 0.5) is 14.5 Å². The molecule has 4 rings (SSSR count). The van der Waals surface area contributed by atoms with Gasteiger partial charge in [-0.3, -0.25) is 9.59 Å². The number of nitrogens with zero attached hydrogens (tertiary/aromatic N) is 1. The van der Waals surface area contributed by atoms with Gasteiger partial charge in [0.25, 0.3) is 5.91 Å². The molecule has 1 N–H and O–H groups in total. The van der Waals surface area contributed by atoms with Gasteiger partial charge < -0.3 is 10.2 Å². The van der Waals surface area contributed by atoms with E-state index in [2.05, 4.69) is 5.32 Å². The summed E-state index contributed by atoms with van der Waals surface area (Å²) in [4.78, 5) is 27.2. The van der Waals surface area contributed by atoms with Crippen LogP contribution in [0.25, 0.3) is 0 Å². The molecule has 3 aromatic rings. The van der Waals surface area contributed by atoms with Crippen LogP contribution in [0.1, 0.15) is 27.5 Å². The first-order valence-corrected chi connectivity index (χ1v) is 9.22. The van der Waals surface area contributed by atoms with Gasteiger partial charge in [0.05, 0.1) is 16.6 Å². The van der Waals surface area contributed by atoms with Crippen molar-refractivity contribution < 1.29 is 18.4 Å². The van der Waals surface area contributed by atoms with Gasteiger partial charge in [-0.05, 0) is 48.0 Å². The molecule has 0 aromatic heterocycles. The van der Waals surface area contributed by atoms with E-state index in [0.717, 1.165) is 0 Å². The monoisotopic (exact) mass is 412 g/mol. The number of fused-ring (bicyclic) bond motifs is 1. The van der Waals surface area contributed by atoms with Gasteiger partial charge >= 0.3 is 0 Å². The molecule has 1 unspecified atom stereocenters. The standard InChI is InChI=1S/C22H15ClF2N2O2/c23-18-4-2-1-3-16(18)22(29)27-12-20(28)26-19-10-9-15(25)11-17(19)21(27)13-5-7-14(24)8-6-13/h1-11,21H,12H2,(H,26,28). The summed E-state index contributed by atoms with van der Waals surface area (Å²) in [6.45, 7) is -0.275. The second-order valence-corrected chi connectivity index (χ2v) is 7.05. The molecule has 0 saturated carbocycles. The largest absolute Gasteiger partial charge is 0.324 e. The predicted octanol–water partition coefficient (Wildman–Crippen LogP) is 4.80. The summed E-state index contributed by atoms with van der Waals surface area (Å²) in [7, 11) is 0. The zero-order valence-corrected chi connectivity index (χ0v) is 15.8. The predicted molar refractivity (Wildman–Crippen MR) is 106 cm³/mol. The normalized spacial score (nSPS) is 16.0. The molecule has 1 atom stereocenters. The summed E-state index contributed by atoms with van der Waals surface area (Å²) < 4.78 is 27.6. The fraction of sp³-hybridized carbons (Fsp3) is 0.0909. The van der Waals surface area contributed by atoms with Crippen molar-refractivity contribution in [2.45, 2.75) is 6.04 Å². The van der Waals surface area contributed by atoms with Gasteiger partial charge in [-0.15, -0.1) is 0 Å². The maximum absolute atomic E-state index is 14.1. The molecule has 1 heterocycles. The molecule has 7 heteroatoms. The van der Waals surface area contributed by atoms with E-state index < -0.39 is 29.5 Å². The number of halogens is 3. The highest BCUT2D eigenvalue weighted by Gasteiger charge is 2.34. The van der Waals surface area contributed by atoms with E-state index in [-0.39, 0.29) is 17.1 Å². The summed E-state index contributed by atoms with van der Waals surface area (Å²) in [5, 5.41) is 2.94. The number of carbonyl (C=O) groups is 2. The van der Waals surface area contributed by atoms with E-state index in [1.54, 1.807) is 24.3 Å². The van der Waals surface area contributed by atoms with E-state index in [9.17, 15) is 18.4 Å². The van der Waals surface area contributed by atoms with E-state index in [1.807, 2.05) is 0 Å². The SMILES string of the molecule is O=C1CN(C(=O)c2ccccc2Cl)C(c2ccc(F)cc2)c2cc(F)ccc2N1. The smallest absolute Gasteiger partial charge is 0.256 e. The van der Waals surface area contributed by atoms with Crippen LogP contribution in [0.15, 0.2) is 66.7 Å². The first kappa shape index (κ1) is 19.1. The second kappa shape index (κ2) is 7.64. The van der Waals surface area contributed by atoms with Crippen molar-refractivity contribution in [2.75, 3.05) is 11.9 Å². The molecule has 146 valence electrons. The van der Waals surface area contributed by atoms with Crippen LogP contribution in [-0.4, -0.2) is 23.3 Å². The molecular formula is C22H15ClF2N2O2. The Kier molecular flexibility index (Phi) is 5.03. The Morgan fingerprint density at radius 1 is 1.00 bits per heavy atom. The number of benzene rings is 3. The Morgan fingerprint density at radius 3 is 2.41 bits per heavy atom. The third-order valence-electron chi connectivity index (χ3n) is 4.76. The third-order valence-corrected chi connectivity index (χ3v) is 5.09. The maximum Gasteiger partial charge on any atom is 0.256 e. The Morgan fingerprint density at radius 2 is 1.69 bits per heavy atom. The molecule has 0 bridgehead atoms. The Bertz CT molecular complexity index is 1100. The van der Waals surface area contributed by atoms with Gasteiger partial charge in [0.2, 0.25) is 5.91 Å². The van der Waals surface area contributed by atoms with E-state index in [4.69, 9.17) is 11.6 Å². The highest BCUT2D eigenvalue weighted by Crippen LogP contribution is 2.37. The van der Waals surface area contributed by atoms with Crippen LogP contribution < -0.4 is 5.32 Å².